The van der Waals surface area contributed by atoms with Crippen molar-refractivity contribution in [3.8, 4) is 0 Å². The summed E-state index contributed by atoms with van der Waals surface area (Å²) in [5, 5.41) is 6.00. The van der Waals surface area contributed by atoms with Gasteiger partial charge in [0.1, 0.15) is 4.33 Å². The van der Waals surface area contributed by atoms with E-state index in [0.717, 1.165) is 12.4 Å². The third kappa shape index (κ3) is 5.18. The van der Waals surface area contributed by atoms with E-state index in [9.17, 15) is 14.0 Å². The van der Waals surface area contributed by atoms with Crippen molar-refractivity contribution < 1.29 is 14.0 Å². The first-order valence-corrected chi connectivity index (χ1v) is 11.2. The number of halogens is 6. The molecule has 170 valence electrons. The summed E-state index contributed by atoms with van der Waals surface area (Å²) in [4.78, 5) is 32.8. The van der Waals surface area contributed by atoms with Crippen LogP contribution in [0.4, 0.5) is 16.0 Å². The van der Waals surface area contributed by atoms with Crippen molar-refractivity contribution in [2.75, 3.05) is 10.6 Å². The second-order valence-corrected chi connectivity index (χ2v) is 9.92. The summed E-state index contributed by atoms with van der Waals surface area (Å²) in [5.74, 6) is -3.18. The molecule has 6 nitrogen and oxygen atoms in total. The predicted molar refractivity (Wildman–Crippen MR) is 127 cm³/mol. The van der Waals surface area contributed by atoms with Crippen molar-refractivity contribution in [2.24, 2.45) is 5.92 Å². The van der Waals surface area contributed by atoms with E-state index in [1.54, 1.807) is 18.2 Å². The minimum Gasteiger partial charge on any atom is -0.326 e. The van der Waals surface area contributed by atoms with E-state index >= 15 is 0 Å². The number of hydrogen-bond donors (Lipinski definition) is 2. The Labute approximate surface area is 212 Å². The number of anilines is 2. The Bertz CT molecular complexity index is 1240. The zero-order valence-electron chi connectivity index (χ0n) is 16.3. The Morgan fingerprint density at radius 2 is 1.58 bits per heavy atom. The molecular formula is C21H12Cl5FN4O2. The zero-order valence-corrected chi connectivity index (χ0v) is 20.0. The van der Waals surface area contributed by atoms with Gasteiger partial charge >= 0.3 is 0 Å². The Morgan fingerprint density at radius 3 is 2.21 bits per heavy atom. The number of benzene rings is 2. The molecule has 1 aromatic heterocycles. The maximum absolute atomic E-state index is 13.0. The van der Waals surface area contributed by atoms with Crippen molar-refractivity contribution in [2.45, 2.75) is 10.3 Å². The first-order valence-electron chi connectivity index (χ1n) is 9.29. The number of aromatic nitrogens is 2. The van der Waals surface area contributed by atoms with Gasteiger partial charge in [-0.2, -0.15) is 0 Å². The number of nitrogens with one attached hydrogen (secondary N) is 2. The number of hydrogen-bond acceptors (Lipinski definition) is 4. The lowest BCUT2D eigenvalue weighted by molar-refractivity contribution is -0.117. The van der Waals surface area contributed by atoms with Crippen LogP contribution in [0.2, 0.25) is 15.1 Å². The highest BCUT2D eigenvalue weighted by molar-refractivity contribution is 6.53. The van der Waals surface area contributed by atoms with E-state index in [1.807, 2.05) is 0 Å². The SMILES string of the molecule is O=C(Nc1ncc(F)cn1)c1cc(NC(=O)[C@@H]2[C@@H](c3cc(Cl)cc(Cl)c3)C2(Cl)Cl)ccc1Cl. The van der Waals surface area contributed by atoms with Crippen LogP contribution in [0, 0.1) is 11.7 Å². The van der Waals surface area contributed by atoms with Crippen LogP contribution in [0.25, 0.3) is 0 Å². The highest BCUT2D eigenvalue weighted by Crippen LogP contribution is 2.65. The van der Waals surface area contributed by atoms with Gasteiger partial charge in [-0.15, -0.1) is 23.2 Å². The summed E-state index contributed by atoms with van der Waals surface area (Å²) in [6.07, 6.45) is 1.81. The molecule has 0 bridgehead atoms. The molecule has 1 aliphatic carbocycles. The number of alkyl halides is 2. The highest BCUT2D eigenvalue weighted by Gasteiger charge is 2.67. The third-order valence-corrected chi connectivity index (χ3v) is 6.61. The summed E-state index contributed by atoms with van der Waals surface area (Å²) < 4.78 is 11.6. The maximum Gasteiger partial charge on any atom is 0.259 e. The van der Waals surface area contributed by atoms with Crippen LogP contribution in [0.5, 0.6) is 0 Å². The lowest BCUT2D eigenvalue weighted by Gasteiger charge is -2.10. The number of nitrogens with zero attached hydrogens (tertiary/aromatic N) is 2. The quantitative estimate of drug-likeness (QED) is 0.364. The molecule has 4 rings (SSSR count). The molecule has 1 aliphatic rings. The largest absolute Gasteiger partial charge is 0.326 e. The molecule has 2 aromatic carbocycles. The topological polar surface area (TPSA) is 84.0 Å². The summed E-state index contributed by atoms with van der Waals surface area (Å²) in [6.45, 7) is 0. The molecule has 1 heterocycles. The Kier molecular flexibility index (Phi) is 6.71. The molecule has 0 radical (unpaired) electrons. The summed E-state index contributed by atoms with van der Waals surface area (Å²) >= 11 is 31.0. The molecule has 0 unspecified atom stereocenters. The Balaban J connectivity index is 1.50. The van der Waals surface area contributed by atoms with Gasteiger partial charge in [-0.25, -0.2) is 14.4 Å². The number of rotatable bonds is 5. The van der Waals surface area contributed by atoms with Gasteiger partial charge in [0.25, 0.3) is 5.91 Å². The lowest BCUT2D eigenvalue weighted by atomic mass is 10.1. The monoisotopic (exact) mass is 546 g/mol. The number of carbonyl (C=O) groups is 2. The summed E-state index contributed by atoms with van der Waals surface area (Å²) in [7, 11) is 0. The fourth-order valence-electron chi connectivity index (χ4n) is 3.37. The summed E-state index contributed by atoms with van der Waals surface area (Å²) in [6, 6.07) is 9.18. The fraction of sp³-hybridized carbons (Fsp3) is 0.143. The Hall–Kier alpha value is -2.16. The van der Waals surface area contributed by atoms with Crippen molar-refractivity contribution in [1.29, 1.82) is 0 Å². The van der Waals surface area contributed by atoms with E-state index < -0.39 is 33.8 Å². The summed E-state index contributed by atoms with van der Waals surface area (Å²) in [5.41, 5.74) is 0.959. The van der Waals surface area contributed by atoms with E-state index in [1.165, 1.54) is 18.2 Å². The molecule has 1 fully saturated rings. The molecule has 12 heteroatoms. The predicted octanol–water partition coefficient (Wildman–Crippen LogP) is 6.35. The van der Waals surface area contributed by atoms with E-state index in [2.05, 4.69) is 20.6 Å². The van der Waals surface area contributed by atoms with Crippen molar-refractivity contribution >= 4 is 81.5 Å². The molecule has 1 saturated carbocycles. The highest BCUT2D eigenvalue weighted by atomic mass is 35.5. The van der Waals surface area contributed by atoms with E-state index in [-0.39, 0.29) is 22.2 Å². The minimum atomic E-state index is -1.36. The average molecular weight is 549 g/mol. The second kappa shape index (κ2) is 9.24. The van der Waals surface area contributed by atoms with Gasteiger partial charge in [-0.3, -0.25) is 14.9 Å². The molecule has 0 aliphatic heterocycles. The van der Waals surface area contributed by atoms with Gasteiger partial charge < -0.3 is 5.32 Å². The molecule has 2 atom stereocenters. The van der Waals surface area contributed by atoms with Crippen molar-refractivity contribution in [3.63, 3.8) is 0 Å². The van der Waals surface area contributed by atoms with Gasteiger partial charge in [-0.1, -0.05) is 34.8 Å². The molecule has 33 heavy (non-hydrogen) atoms. The standard InChI is InChI=1S/C21H12Cl5FN4O2/c22-10-3-9(4-11(23)5-10)16-17(21(16,25)26)19(33)30-13-1-2-15(24)14(6-13)18(32)31-20-28-7-12(27)8-29-20/h1-8,16-17H,(H,30,33)(H,28,29,31,32)/t16-,17+/m1/s1. The minimum absolute atomic E-state index is 0.0411. The smallest absolute Gasteiger partial charge is 0.259 e. The van der Waals surface area contributed by atoms with Crippen LogP contribution in [0.1, 0.15) is 21.8 Å². The van der Waals surface area contributed by atoms with Gasteiger partial charge in [0.2, 0.25) is 11.9 Å². The van der Waals surface area contributed by atoms with Crippen LogP contribution >= 0.6 is 58.0 Å². The molecule has 2 N–H and O–H groups in total. The average Bonchev–Trinajstić information content (AvgIpc) is 3.32. The number of carbonyl (C=O) groups excluding carboxylic acids is 2. The Morgan fingerprint density at radius 1 is 0.939 bits per heavy atom. The van der Waals surface area contributed by atoms with Crippen molar-refractivity contribution in [3.05, 3.63) is 80.8 Å². The molecular weight excluding hydrogens is 537 g/mol. The van der Waals surface area contributed by atoms with E-state index in [0.29, 0.717) is 15.6 Å². The normalized spacial score (nSPS) is 18.5. The first kappa shape index (κ1) is 24.0. The van der Waals surface area contributed by atoms with Crippen LogP contribution in [-0.2, 0) is 4.79 Å². The van der Waals surface area contributed by atoms with Crippen LogP contribution in [-0.4, -0.2) is 26.1 Å². The van der Waals surface area contributed by atoms with E-state index in [4.69, 9.17) is 58.0 Å². The van der Waals surface area contributed by atoms with Gasteiger partial charge in [0, 0.05) is 21.7 Å². The van der Waals surface area contributed by atoms with Crippen LogP contribution in [0.15, 0.2) is 48.8 Å². The fourth-order valence-corrected chi connectivity index (χ4v) is 4.94. The first-order chi connectivity index (χ1) is 15.6. The van der Waals surface area contributed by atoms with Gasteiger partial charge in [-0.05, 0) is 42.0 Å². The van der Waals surface area contributed by atoms with Crippen LogP contribution in [0.3, 0.4) is 0 Å². The van der Waals surface area contributed by atoms with Crippen molar-refractivity contribution in [1.82, 2.24) is 9.97 Å². The molecule has 2 amide bonds. The van der Waals surface area contributed by atoms with Gasteiger partial charge in [0.05, 0.1) is 28.9 Å². The van der Waals surface area contributed by atoms with Gasteiger partial charge in [0.15, 0.2) is 5.82 Å². The molecule has 0 saturated heterocycles. The molecule has 3 aromatic rings. The van der Waals surface area contributed by atoms with Crippen LogP contribution < -0.4 is 10.6 Å². The lowest BCUT2D eigenvalue weighted by Crippen LogP contribution is -2.18. The zero-order chi connectivity index (χ0) is 23.9. The third-order valence-electron chi connectivity index (χ3n) is 4.90. The second-order valence-electron chi connectivity index (χ2n) is 7.20. The number of amides is 2. The molecule has 0 spiro atoms. The maximum atomic E-state index is 13.0.